The van der Waals surface area contributed by atoms with Crippen LogP contribution in [-0.2, 0) is 0 Å². The molecule has 4 heteroatoms. The van der Waals surface area contributed by atoms with Gasteiger partial charge in [0.05, 0.1) is 11.0 Å². The molecule has 0 fully saturated rings. The van der Waals surface area contributed by atoms with Gasteiger partial charge in [-0.2, -0.15) is 0 Å². The van der Waals surface area contributed by atoms with E-state index in [0.717, 1.165) is 39.0 Å². The summed E-state index contributed by atoms with van der Waals surface area (Å²) in [5, 5.41) is 3.49. The second-order valence-corrected chi connectivity index (χ2v) is 9.45. The van der Waals surface area contributed by atoms with Crippen LogP contribution in [0.2, 0.25) is 0 Å². The first kappa shape index (κ1) is 20.9. The van der Waals surface area contributed by atoms with Gasteiger partial charge in [0.15, 0.2) is 11.4 Å². The molecule has 0 spiro atoms. The molecule has 0 atom stereocenters. The van der Waals surface area contributed by atoms with Crippen LogP contribution in [0.5, 0.6) is 0 Å². The van der Waals surface area contributed by atoms with E-state index < -0.39 is 0 Å². The summed E-state index contributed by atoms with van der Waals surface area (Å²) in [6.07, 6.45) is 0. The Balaban J connectivity index is 1.32. The third kappa shape index (κ3) is 3.10. The second-order valence-electron chi connectivity index (χ2n) is 9.45. The smallest absolute Gasteiger partial charge is 0.180 e. The van der Waals surface area contributed by atoms with Gasteiger partial charge < -0.3 is 8.98 Å². The Morgan fingerprint density at radius 1 is 0.500 bits per heavy atom. The van der Waals surface area contributed by atoms with E-state index in [4.69, 9.17) is 14.4 Å². The molecule has 0 unspecified atom stereocenters. The Kier molecular flexibility index (Phi) is 4.49. The standard InChI is InChI=1S/C34H21N3O/c1-2-10-22(11-3-1)31-33-32(27-14-6-9-17-30(27)38-33)36-34(35-31)23-18-20-24(21-19-23)37-28-15-7-4-12-25(28)26-13-5-8-16-29(26)37/h1-21H. The molecule has 0 bridgehead atoms. The first-order valence-electron chi connectivity index (χ1n) is 12.7. The molecule has 0 saturated heterocycles. The summed E-state index contributed by atoms with van der Waals surface area (Å²) in [5.74, 6) is 0.677. The number of benzene rings is 5. The van der Waals surface area contributed by atoms with Crippen LogP contribution in [0.4, 0.5) is 0 Å². The van der Waals surface area contributed by atoms with Gasteiger partial charge in [-0.15, -0.1) is 0 Å². The third-order valence-electron chi connectivity index (χ3n) is 7.23. The molecule has 178 valence electrons. The fourth-order valence-electron chi connectivity index (χ4n) is 5.47. The minimum absolute atomic E-state index is 0.677. The first-order chi connectivity index (χ1) is 18.8. The molecule has 0 aliphatic carbocycles. The van der Waals surface area contributed by atoms with Crippen LogP contribution in [0, 0.1) is 0 Å². The number of hydrogen-bond donors (Lipinski definition) is 0. The number of aromatic nitrogens is 3. The van der Waals surface area contributed by atoms with Gasteiger partial charge in [0.25, 0.3) is 0 Å². The largest absolute Gasteiger partial charge is 0.452 e. The topological polar surface area (TPSA) is 43.9 Å². The van der Waals surface area contributed by atoms with Gasteiger partial charge >= 0.3 is 0 Å². The molecular weight excluding hydrogens is 466 g/mol. The quantitative estimate of drug-likeness (QED) is 0.250. The third-order valence-corrected chi connectivity index (χ3v) is 7.23. The van der Waals surface area contributed by atoms with Gasteiger partial charge in [-0.3, -0.25) is 0 Å². The molecule has 0 radical (unpaired) electrons. The fourth-order valence-corrected chi connectivity index (χ4v) is 5.47. The Morgan fingerprint density at radius 2 is 1.11 bits per heavy atom. The average Bonchev–Trinajstić information content (AvgIpc) is 3.53. The maximum absolute atomic E-state index is 6.25. The van der Waals surface area contributed by atoms with E-state index in [1.54, 1.807) is 0 Å². The lowest BCUT2D eigenvalue weighted by atomic mass is 10.1. The molecule has 38 heavy (non-hydrogen) atoms. The van der Waals surface area contributed by atoms with Crippen molar-refractivity contribution >= 4 is 43.9 Å². The maximum atomic E-state index is 6.25. The molecular formula is C34H21N3O. The predicted molar refractivity (Wildman–Crippen MR) is 155 cm³/mol. The summed E-state index contributed by atoms with van der Waals surface area (Å²) in [7, 11) is 0. The maximum Gasteiger partial charge on any atom is 0.180 e. The van der Waals surface area contributed by atoms with Crippen LogP contribution in [0.25, 0.3) is 72.2 Å². The van der Waals surface area contributed by atoms with Crippen molar-refractivity contribution in [2.75, 3.05) is 0 Å². The van der Waals surface area contributed by atoms with E-state index in [9.17, 15) is 0 Å². The lowest BCUT2D eigenvalue weighted by molar-refractivity contribution is 0.667. The van der Waals surface area contributed by atoms with Crippen LogP contribution in [-0.4, -0.2) is 14.5 Å². The molecule has 0 saturated carbocycles. The highest BCUT2D eigenvalue weighted by Gasteiger charge is 2.18. The summed E-state index contributed by atoms with van der Waals surface area (Å²) in [6.45, 7) is 0. The Hall–Kier alpha value is -5.22. The van der Waals surface area contributed by atoms with Crippen molar-refractivity contribution in [3.63, 3.8) is 0 Å². The van der Waals surface area contributed by atoms with Gasteiger partial charge in [-0.1, -0.05) is 78.9 Å². The molecule has 8 rings (SSSR count). The molecule has 0 N–H and O–H groups in total. The molecule has 0 aliphatic heterocycles. The zero-order chi connectivity index (χ0) is 25.1. The fraction of sp³-hybridized carbons (Fsp3) is 0. The monoisotopic (exact) mass is 487 g/mol. The van der Waals surface area contributed by atoms with Crippen LogP contribution in [0.1, 0.15) is 0 Å². The van der Waals surface area contributed by atoms with E-state index in [-0.39, 0.29) is 0 Å². The number of nitrogens with zero attached hydrogens (tertiary/aromatic N) is 3. The number of para-hydroxylation sites is 3. The summed E-state index contributed by atoms with van der Waals surface area (Å²) >= 11 is 0. The summed E-state index contributed by atoms with van der Waals surface area (Å²) in [6, 6.07) is 43.8. The summed E-state index contributed by atoms with van der Waals surface area (Å²) in [4.78, 5) is 10.0. The SMILES string of the molecule is c1ccc(-c2nc(-c3ccc(-n4c5ccccc5c5ccccc54)cc3)nc3c2oc2ccccc23)cc1. The van der Waals surface area contributed by atoms with E-state index in [1.807, 2.05) is 36.4 Å². The Labute approximate surface area is 218 Å². The van der Waals surface area contributed by atoms with Crippen LogP contribution >= 0.6 is 0 Å². The molecule has 3 heterocycles. The summed E-state index contributed by atoms with van der Waals surface area (Å²) < 4.78 is 8.57. The number of furan rings is 1. The van der Waals surface area contributed by atoms with Crippen LogP contribution < -0.4 is 0 Å². The first-order valence-corrected chi connectivity index (χ1v) is 12.7. The normalized spacial score (nSPS) is 11.7. The lowest BCUT2D eigenvalue weighted by Crippen LogP contribution is -1.96. The van der Waals surface area contributed by atoms with Gasteiger partial charge in [0.1, 0.15) is 16.8 Å². The highest BCUT2D eigenvalue weighted by molar-refractivity contribution is 6.09. The summed E-state index contributed by atoms with van der Waals surface area (Å²) in [5.41, 5.74) is 8.59. The van der Waals surface area contributed by atoms with Crippen LogP contribution in [0.15, 0.2) is 132 Å². The highest BCUT2D eigenvalue weighted by Crippen LogP contribution is 2.36. The van der Waals surface area contributed by atoms with Gasteiger partial charge in [-0.05, 0) is 48.5 Å². The molecule has 5 aromatic carbocycles. The predicted octanol–water partition coefficient (Wildman–Crippen LogP) is 8.81. The Bertz CT molecular complexity index is 2070. The minimum Gasteiger partial charge on any atom is -0.452 e. The van der Waals surface area contributed by atoms with Crippen molar-refractivity contribution in [3.05, 3.63) is 127 Å². The number of hydrogen-bond acceptors (Lipinski definition) is 3. The lowest BCUT2D eigenvalue weighted by Gasteiger charge is -2.10. The number of fused-ring (bicyclic) bond motifs is 6. The van der Waals surface area contributed by atoms with Crippen molar-refractivity contribution in [3.8, 4) is 28.3 Å². The molecule has 3 aromatic heterocycles. The van der Waals surface area contributed by atoms with Crippen molar-refractivity contribution in [1.82, 2.24) is 14.5 Å². The zero-order valence-corrected chi connectivity index (χ0v) is 20.4. The second kappa shape index (κ2) is 8.15. The highest BCUT2D eigenvalue weighted by atomic mass is 16.3. The molecule has 8 aromatic rings. The molecule has 0 aliphatic rings. The zero-order valence-electron chi connectivity index (χ0n) is 20.4. The average molecular weight is 488 g/mol. The van der Waals surface area contributed by atoms with Crippen molar-refractivity contribution < 1.29 is 4.42 Å². The molecule has 0 amide bonds. The molecule has 4 nitrogen and oxygen atoms in total. The van der Waals surface area contributed by atoms with Crippen molar-refractivity contribution in [2.45, 2.75) is 0 Å². The number of rotatable bonds is 3. The Morgan fingerprint density at radius 3 is 1.82 bits per heavy atom. The van der Waals surface area contributed by atoms with E-state index in [2.05, 4.69) is 95.6 Å². The minimum atomic E-state index is 0.677. The van der Waals surface area contributed by atoms with Crippen LogP contribution in [0.3, 0.4) is 0 Å². The van der Waals surface area contributed by atoms with Gasteiger partial charge in [-0.25, -0.2) is 9.97 Å². The van der Waals surface area contributed by atoms with Gasteiger partial charge in [0.2, 0.25) is 0 Å². The van der Waals surface area contributed by atoms with E-state index >= 15 is 0 Å². The van der Waals surface area contributed by atoms with Gasteiger partial charge in [0, 0.05) is 33.0 Å². The van der Waals surface area contributed by atoms with E-state index in [0.29, 0.717) is 11.4 Å². The van der Waals surface area contributed by atoms with E-state index in [1.165, 1.54) is 21.8 Å². The van der Waals surface area contributed by atoms with Crippen molar-refractivity contribution in [1.29, 1.82) is 0 Å². The van der Waals surface area contributed by atoms with Crippen molar-refractivity contribution in [2.24, 2.45) is 0 Å².